The van der Waals surface area contributed by atoms with E-state index in [2.05, 4.69) is 47.4 Å². The van der Waals surface area contributed by atoms with Crippen LogP contribution in [0.25, 0.3) is 0 Å². The molecule has 4 N–H and O–H groups in total. The Morgan fingerprint density at radius 2 is 1.15 bits per heavy atom. The molecule has 1 aliphatic heterocycles. The molecule has 2 fully saturated rings. The molecule has 2 aliphatic rings. The van der Waals surface area contributed by atoms with Crippen LogP contribution in [0.1, 0.15) is 111 Å². The number of ether oxygens (including phenoxy) is 2. The molecule has 2 aromatic rings. The molecule has 276 valence electrons. The van der Waals surface area contributed by atoms with Crippen LogP contribution in [-0.2, 0) is 25.5 Å². The van der Waals surface area contributed by atoms with E-state index in [1.165, 1.54) is 68.4 Å². The maximum atomic E-state index is 12.1. The summed E-state index contributed by atoms with van der Waals surface area (Å²) in [6, 6.07) is 19.8. The van der Waals surface area contributed by atoms with Crippen LogP contribution in [0, 0.1) is 5.92 Å². The number of benzene rings is 2. The minimum atomic E-state index is -0.518. The largest absolute Gasteiger partial charge is 0.397 e. The summed E-state index contributed by atoms with van der Waals surface area (Å²) in [5, 5.41) is 25.1. The van der Waals surface area contributed by atoms with E-state index < -0.39 is 5.92 Å². The van der Waals surface area contributed by atoms with Gasteiger partial charge < -0.3 is 24.8 Å². The summed E-state index contributed by atoms with van der Waals surface area (Å²) in [6.45, 7) is 12.6. The number of amides is 2. The highest BCUT2D eigenvalue weighted by atomic mass is 16.5. The van der Waals surface area contributed by atoms with Crippen molar-refractivity contribution in [3.63, 3.8) is 0 Å². The van der Waals surface area contributed by atoms with E-state index in [0.29, 0.717) is 25.3 Å². The van der Waals surface area contributed by atoms with Gasteiger partial charge in [0.1, 0.15) is 5.92 Å². The first-order valence-electron chi connectivity index (χ1n) is 18.1. The number of hydrazine groups is 1. The van der Waals surface area contributed by atoms with Gasteiger partial charge >= 0.3 is 0 Å². The van der Waals surface area contributed by atoms with Crippen LogP contribution >= 0.6 is 0 Å². The number of carbonyl (C=O) groups is 2. The van der Waals surface area contributed by atoms with Crippen LogP contribution in [0.15, 0.2) is 60.7 Å². The first-order chi connectivity index (χ1) is 23.4. The molecule has 1 atom stereocenters. The van der Waals surface area contributed by atoms with E-state index in [4.69, 9.17) is 20.1 Å². The molecule has 9 heteroatoms. The number of aryl methyl sites for hydroxylation is 1. The third-order valence-electron chi connectivity index (χ3n) is 6.96. The molecule has 0 spiro atoms. The summed E-state index contributed by atoms with van der Waals surface area (Å²) >= 11 is 0. The topological polar surface area (TPSA) is 129 Å². The molecule has 0 radical (unpaired) electrons. The second-order valence-electron chi connectivity index (χ2n) is 11.0. The lowest BCUT2D eigenvalue weighted by atomic mass is 10.0. The van der Waals surface area contributed by atoms with E-state index in [1.807, 2.05) is 39.0 Å². The van der Waals surface area contributed by atoms with Crippen LogP contribution in [0.3, 0.4) is 0 Å². The smallest absolute Gasteiger partial charge is 0.258 e. The van der Waals surface area contributed by atoms with E-state index in [1.54, 1.807) is 19.1 Å². The number of rotatable bonds is 13. The van der Waals surface area contributed by atoms with Gasteiger partial charge in [0.2, 0.25) is 0 Å². The Labute approximate surface area is 292 Å². The Morgan fingerprint density at radius 1 is 0.688 bits per heavy atom. The second-order valence-corrected chi connectivity index (χ2v) is 11.0. The molecular weight excluding hydrogens is 608 g/mol. The highest BCUT2D eigenvalue weighted by Crippen LogP contribution is 2.22. The molecule has 4 rings (SSSR count). The first kappa shape index (κ1) is 47.3. The van der Waals surface area contributed by atoms with Crippen LogP contribution in [-0.4, -0.2) is 73.4 Å². The van der Waals surface area contributed by atoms with Crippen LogP contribution in [0.5, 0.6) is 0 Å². The van der Waals surface area contributed by atoms with Gasteiger partial charge in [0.25, 0.3) is 11.8 Å². The molecular formula is C39H68N2O7. The number of hydrogen-bond donors (Lipinski definition) is 4. The SMILES string of the molecule is C1CCCCC1.CCCCC1C(=O)NN(c2ccccc2)C1=O.CCCCc1ccccc1.CCO.CCOCC.OCCOCCO. The number of carbonyl (C=O) groups excluding carboxylic acids is 2. The zero-order valence-corrected chi connectivity index (χ0v) is 30.7. The van der Waals surface area contributed by atoms with E-state index in [9.17, 15) is 9.59 Å². The fraction of sp³-hybridized carbons (Fsp3) is 0.641. The molecule has 48 heavy (non-hydrogen) atoms. The van der Waals surface area contributed by atoms with Crippen molar-refractivity contribution in [3.8, 4) is 0 Å². The number of anilines is 1. The molecule has 9 nitrogen and oxygen atoms in total. The Balaban J connectivity index is 0. The fourth-order valence-electron chi connectivity index (χ4n) is 4.46. The summed E-state index contributed by atoms with van der Waals surface area (Å²) < 4.78 is 9.47. The van der Waals surface area contributed by atoms with Crippen LogP contribution < -0.4 is 10.4 Å². The third kappa shape index (κ3) is 27.2. The number of aliphatic hydroxyl groups is 3. The number of nitrogens with one attached hydrogen (secondary N) is 1. The van der Waals surface area contributed by atoms with Gasteiger partial charge in [0.15, 0.2) is 0 Å². The van der Waals surface area contributed by atoms with Gasteiger partial charge in [-0.2, -0.15) is 0 Å². The average Bonchev–Trinajstić information content (AvgIpc) is 3.42. The lowest BCUT2D eigenvalue weighted by Crippen LogP contribution is -2.35. The first-order valence-corrected chi connectivity index (χ1v) is 18.1. The highest BCUT2D eigenvalue weighted by Gasteiger charge is 2.39. The molecule has 2 aromatic carbocycles. The maximum Gasteiger partial charge on any atom is 0.258 e. The van der Waals surface area contributed by atoms with E-state index in [-0.39, 0.29) is 31.6 Å². The number of unbranched alkanes of at least 4 members (excludes halogenated alkanes) is 2. The predicted molar refractivity (Wildman–Crippen MR) is 198 cm³/mol. The van der Waals surface area contributed by atoms with Crippen molar-refractivity contribution in [2.24, 2.45) is 5.92 Å². The lowest BCUT2D eigenvalue weighted by molar-refractivity contribution is -0.127. The van der Waals surface area contributed by atoms with Crippen LogP contribution in [0.4, 0.5) is 5.69 Å². The summed E-state index contributed by atoms with van der Waals surface area (Å²) in [6.07, 6.45) is 15.3. The van der Waals surface area contributed by atoms with Crippen molar-refractivity contribution in [2.75, 3.05) is 51.3 Å². The monoisotopic (exact) mass is 677 g/mol. The van der Waals surface area contributed by atoms with Crippen molar-refractivity contribution in [1.82, 2.24) is 5.43 Å². The molecule has 1 heterocycles. The standard InChI is InChI=1S/C13H16N2O2.C10H14.C6H12.C4H10O3.C4H10O.C2H6O/c1-2-3-9-11-12(16)14-15(13(11)17)10-7-5-4-6-8-10;1-2-3-7-10-8-5-4-6-9-10;1-2-4-6-5-3-1;5-1-3-7-4-2-6;1-3-5-4-2;1-2-3/h4-8,11H,2-3,9H2,1H3,(H,14,16);4-6,8-9H,2-3,7H2,1H3;1-6H2;5-6H,1-4H2;3-4H2,1-2H3;3H,2H2,1H3. The van der Waals surface area contributed by atoms with Gasteiger partial charge in [0.05, 0.1) is 32.1 Å². The molecule has 1 saturated carbocycles. The molecule has 1 unspecified atom stereocenters. The molecule has 2 amide bonds. The molecule has 0 bridgehead atoms. The second kappa shape index (κ2) is 37.0. The molecule has 1 saturated heterocycles. The van der Waals surface area contributed by atoms with Crippen molar-refractivity contribution in [1.29, 1.82) is 0 Å². The van der Waals surface area contributed by atoms with Crippen molar-refractivity contribution < 1.29 is 34.4 Å². The summed E-state index contributed by atoms with van der Waals surface area (Å²) in [4.78, 5) is 23.8. The number of hydrogen-bond acceptors (Lipinski definition) is 7. The number of para-hydroxylation sites is 1. The normalized spacial score (nSPS) is 14.6. The van der Waals surface area contributed by atoms with Gasteiger partial charge in [-0.25, -0.2) is 5.01 Å². The van der Waals surface area contributed by atoms with Gasteiger partial charge in [-0.3, -0.25) is 15.0 Å². The van der Waals surface area contributed by atoms with Crippen molar-refractivity contribution >= 4 is 17.5 Å². The van der Waals surface area contributed by atoms with Crippen molar-refractivity contribution in [2.45, 2.75) is 112 Å². The molecule has 0 aromatic heterocycles. The molecule has 1 aliphatic carbocycles. The van der Waals surface area contributed by atoms with Crippen molar-refractivity contribution in [3.05, 3.63) is 66.2 Å². The highest BCUT2D eigenvalue weighted by molar-refractivity contribution is 6.14. The Kier molecular flexibility index (Phi) is 36.5. The minimum absolute atomic E-state index is 0.0278. The zero-order chi connectivity index (χ0) is 36.1. The predicted octanol–water partition coefficient (Wildman–Crippen LogP) is 7.27. The Hall–Kier alpha value is -2.82. The van der Waals surface area contributed by atoms with Crippen LogP contribution in [0.2, 0.25) is 0 Å². The van der Waals surface area contributed by atoms with Gasteiger partial charge in [0, 0.05) is 19.8 Å². The van der Waals surface area contributed by atoms with Gasteiger partial charge in [-0.15, -0.1) is 0 Å². The summed E-state index contributed by atoms with van der Waals surface area (Å²) in [5.41, 5.74) is 4.80. The number of nitrogens with zero attached hydrogens (tertiary/aromatic N) is 1. The summed E-state index contributed by atoms with van der Waals surface area (Å²) in [7, 11) is 0. The van der Waals surface area contributed by atoms with E-state index in [0.717, 1.165) is 26.1 Å². The average molecular weight is 677 g/mol. The Morgan fingerprint density at radius 3 is 1.54 bits per heavy atom. The van der Waals surface area contributed by atoms with Gasteiger partial charge in [-0.05, 0) is 57.7 Å². The third-order valence-corrected chi connectivity index (χ3v) is 6.96. The summed E-state index contributed by atoms with van der Waals surface area (Å²) in [5.74, 6) is -0.850. The maximum absolute atomic E-state index is 12.1. The van der Waals surface area contributed by atoms with E-state index >= 15 is 0 Å². The lowest BCUT2D eigenvalue weighted by Gasteiger charge is -2.14. The minimum Gasteiger partial charge on any atom is -0.397 e. The number of aliphatic hydroxyl groups excluding tert-OH is 3. The quantitative estimate of drug-likeness (QED) is 0.130. The zero-order valence-electron chi connectivity index (χ0n) is 30.7. The Bertz CT molecular complexity index is 926. The van der Waals surface area contributed by atoms with Gasteiger partial charge in [-0.1, -0.05) is 120 Å². The fourth-order valence-corrected chi connectivity index (χ4v) is 4.46.